The Hall–Kier alpha value is -0.610. The molecule has 2 aliphatic heterocycles. The van der Waals surface area contributed by atoms with Crippen molar-refractivity contribution in [1.82, 2.24) is 4.90 Å². The first-order valence-corrected chi connectivity index (χ1v) is 7.25. The van der Waals surface area contributed by atoms with E-state index in [-0.39, 0.29) is 30.0 Å². The number of likely N-dealkylation sites (tertiary alicyclic amines) is 1. The van der Waals surface area contributed by atoms with Crippen LogP contribution in [0.5, 0.6) is 0 Å². The molecule has 18 heavy (non-hydrogen) atoms. The van der Waals surface area contributed by atoms with Gasteiger partial charge in [0.15, 0.2) is 0 Å². The second kappa shape index (κ2) is 6.02. The smallest absolute Gasteiger partial charge is 0.228 e. The lowest BCUT2D eigenvalue weighted by atomic mass is 9.90. The SMILES string of the molecule is CCC1CN(C(=O)C2CCOC2CC)CCC1O. The number of carbonyl (C=O) groups excluding carboxylic acids is 1. The molecule has 4 heteroatoms. The number of amides is 1. The molecule has 0 saturated carbocycles. The number of piperidine rings is 1. The van der Waals surface area contributed by atoms with Crippen molar-refractivity contribution in [2.24, 2.45) is 11.8 Å². The van der Waals surface area contributed by atoms with Crippen molar-refractivity contribution in [2.45, 2.75) is 51.7 Å². The number of hydrogen-bond donors (Lipinski definition) is 1. The molecule has 0 aliphatic carbocycles. The van der Waals surface area contributed by atoms with Gasteiger partial charge in [0.25, 0.3) is 0 Å². The molecule has 0 aromatic carbocycles. The third-order valence-electron chi connectivity index (χ3n) is 4.46. The Balaban J connectivity index is 1.96. The Bertz CT molecular complexity index is 295. The van der Waals surface area contributed by atoms with Crippen LogP contribution >= 0.6 is 0 Å². The van der Waals surface area contributed by atoms with Crippen LogP contribution in [-0.4, -0.2) is 47.8 Å². The van der Waals surface area contributed by atoms with Gasteiger partial charge in [0.1, 0.15) is 0 Å². The van der Waals surface area contributed by atoms with Crippen molar-refractivity contribution < 1.29 is 14.6 Å². The normalized spacial score (nSPS) is 36.9. The van der Waals surface area contributed by atoms with Crippen molar-refractivity contribution in [1.29, 1.82) is 0 Å². The van der Waals surface area contributed by atoms with Gasteiger partial charge in [-0.3, -0.25) is 4.79 Å². The molecule has 2 rings (SSSR count). The van der Waals surface area contributed by atoms with Gasteiger partial charge in [0.2, 0.25) is 5.91 Å². The summed E-state index contributed by atoms with van der Waals surface area (Å²) in [5.41, 5.74) is 0. The fourth-order valence-electron chi connectivity index (χ4n) is 3.19. The molecule has 1 N–H and O–H groups in total. The van der Waals surface area contributed by atoms with Crippen molar-refractivity contribution >= 4 is 5.91 Å². The summed E-state index contributed by atoms with van der Waals surface area (Å²) in [5, 5.41) is 9.87. The van der Waals surface area contributed by atoms with Gasteiger partial charge in [-0.2, -0.15) is 0 Å². The number of nitrogens with zero attached hydrogens (tertiary/aromatic N) is 1. The van der Waals surface area contributed by atoms with E-state index in [4.69, 9.17) is 4.74 Å². The van der Waals surface area contributed by atoms with Crippen molar-refractivity contribution in [3.8, 4) is 0 Å². The summed E-state index contributed by atoms with van der Waals surface area (Å²) in [6.45, 7) is 6.27. The minimum atomic E-state index is -0.235. The molecule has 0 radical (unpaired) electrons. The van der Waals surface area contributed by atoms with Crippen molar-refractivity contribution in [2.75, 3.05) is 19.7 Å². The van der Waals surface area contributed by atoms with Crippen molar-refractivity contribution in [3.05, 3.63) is 0 Å². The monoisotopic (exact) mass is 255 g/mol. The summed E-state index contributed by atoms with van der Waals surface area (Å²) in [6.07, 6.45) is 3.28. The Labute approximate surface area is 109 Å². The quantitative estimate of drug-likeness (QED) is 0.830. The molecule has 0 spiro atoms. The van der Waals surface area contributed by atoms with E-state index in [1.165, 1.54) is 0 Å². The van der Waals surface area contributed by atoms with Crippen LogP contribution in [0.15, 0.2) is 0 Å². The summed E-state index contributed by atoms with van der Waals surface area (Å²) in [5.74, 6) is 0.526. The fourth-order valence-corrected chi connectivity index (χ4v) is 3.19. The van der Waals surface area contributed by atoms with Gasteiger partial charge in [0.05, 0.1) is 18.1 Å². The van der Waals surface area contributed by atoms with Gasteiger partial charge in [-0.15, -0.1) is 0 Å². The number of aliphatic hydroxyl groups excluding tert-OH is 1. The predicted molar refractivity (Wildman–Crippen MR) is 69.1 cm³/mol. The lowest BCUT2D eigenvalue weighted by Gasteiger charge is -2.37. The maximum atomic E-state index is 12.5. The molecule has 0 aromatic rings. The van der Waals surface area contributed by atoms with Gasteiger partial charge in [-0.05, 0) is 25.7 Å². The minimum absolute atomic E-state index is 0.0442. The number of aliphatic hydroxyl groups is 1. The van der Waals surface area contributed by atoms with E-state index >= 15 is 0 Å². The van der Waals surface area contributed by atoms with Gasteiger partial charge >= 0.3 is 0 Å². The highest BCUT2D eigenvalue weighted by molar-refractivity contribution is 5.79. The lowest BCUT2D eigenvalue weighted by molar-refractivity contribution is -0.141. The second-order valence-electron chi connectivity index (χ2n) is 5.52. The van der Waals surface area contributed by atoms with Crippen LogP contribution in [0.4, 0.5) is 0 Å². The van der Waals surface area contributed by atoms with Crippen LogP contribution in [0.25, 0.3) is 0 Å². The van der Waals surface area contributed by atoms with Crippen LogP contribution in [0.3, 0.4) is 0 Å². The van der Waals surface area contributed by atoms with Crippen LogP contribution in [0.1, 0.15) is 39.5 Å². The summed E-state index contributed by atoms with van der Waals surface area (Å²) in [4.78, 5) is 14.4. The highest BCUT2D eigenvalue weighted by Crippen LogP contribution is 2.28. The summed E-state index contributed by atoms with van der Waals surface area (Å²) in [7, 11) is 0. The first-order valence-electron chi connectivity index (χ1n) is 7.25. The van der Waals surface area contributed by atoms with E-state index in [9.17, 15) is 9.90 Å². The number of carbonyl (C=O) groups is 1. The van der Waals surface area contributed by atoms with Crippen LogP contribution in [-0.2, 0) is 9.53 Å². The Morgan fingerprint density at radius 1 is 1.33 bits per heavy atom. The van der Waals surface area contributed by atoms with E-state index in [1.807, 2.05) is 4.90 Å². The maximum absolute atomic E-state index is 12.5. The Morgan fingerprint density at radius 3 is 2.78 bits per heavy atom. The zero-order chi connectivity index (χ0) is 13.1. The average molecular weight is 255 g/mol. The number of hydrogen-bond acceptors (Lipinski definition) is 3. The zero-order valence-electron chi connectivity index (χ0n) is 11.5. The highest BCUT2D eigenvalue weighted by atomic mass is 16.5. The fraction of sp³-hybridized carbons (Fsp3) is 0.929. The van der Waals surface area contributed by atoms with E-state index in [0.29, 0.717) is 26.1 Å². The average Bonchev–Trinajstić information content (AvgIpc) is 2.86. The van der Waals surface area contributed by atoms with Crippen LogP contribution in [0.2, 0.25) is 0 Å². The Kier molecular flexibility index (Phi) is 4.62. The third-order valence-corrected chi connectivity index (χ3v) is 4.46. The molecule has 4 nitrogen and oxygen atoms in total. The van der Waals surface area contributed by atoms with Gasteiger partial charge < -0.3 is 14.7 Å². The summed E-state index contributed by atoms with van der Waals surface area (Å²) >= 11 is 0. The minimum Gasteiger partial charge on any atom is -0.393 e. The first kappa shape index (κ1) is 13.8. The number of rotatable bonds is 3. The largest absolute Gasteiger partial charge is 0.393 e. The highest BCUT2D eigenvalue weighted by Gasteiger charge is 2.38. The van der Waals surface area contributed by atoms with Gasteiger partial charge in [0, 0.05) is 25.6 Å². The topological polar surface area (TPSA) is 49.8 Å². The molecule has 2 aliphatic rings. The van der Waals surface area contributed by atoms with Gasteiger partial charge in [-0.25, -0.2) is 0 Å². The van der Waals surface area contributed by atoms with E-state index < -0.39 is 0 Å². The second-order valence-corrected chi connectivity index (χ2v) is 5.52. The maximum Gasteiger partial charge on any atom is 0.228 e. The standard InChI is InChI=1S/C14H25NO3/c1-3-10-9-15(7-5-12(10)16)14(17)11-6-8-18-13(11)4-2/h10-13,16H,3-9H2,1-2H3. The zero-order valence-corrected chi connectivity index (χ0v) is 11.5. The summed E-state index contributed by atoms with van der Waals surface area (Å²) < 4.78 is 5.60. The Morgan fingerprint density at radius 2 is 2.11 bits per heavy atom. The molecular formula is C14H25NO3. The molecule has 2 heterocycles. The van der Waals surface area contributed by atoms with Gasteiger partial charge in [-0.1, -0.05) is 13.8 Å². The lowest BCUT2D eigenvalue weighted by Crippen LogP contribution is -2.48. The molecule has 104 valence electrons. The molecule has 4 atom stereocenters. The third kappa shape index (κ3) is 2.69. The molecule has 0 bridgehead atoms. The van der Waals surface area contributed by atoms with E-state index in [2.05, 4.69) is 13.8 Å². The van der Waals surface area contributed by atoms with Crippen molar-refractivity contribution in [3.63, 3.8) is 0 Å². The predicted octanol–water partition coefficient (Wildman–Crippen LogP) is 1.42. The van der Waals surface area contributed by atoms with Crippen LogP contribution in [0, 0.1) is 11.8 Å². The molecule has 2 saturated heterocycles. The van der Waals surface area contributed by atoms with E-state index in [0.717, 1.165) is 19.3 Å². The molecule has 1 amide bonds. The van der Waals surface area contributed by atoms with E-state index in [1.54, 1.807) is 0 Å². The first-order chi connectivity index (χ1) is 8.67. The molecular weight excluding hydrogens is 230 g/mol. The molecule has 2 fully saturated rings. The molecule has 0 aromatic heterocycles. The van der Waals surface area contributed by atoms with Crippen LogP contribution < -0.4 is 0 Å². The number of ether oxygens (including phenoxy) is 1. The summed E-state index contributed by atoms with van der Waals surface area (Å²) in [6, 6.07) is 0. The molecule has 4 unspecified atom stereocenters.